The number of nitrogens with zero attached hydrogens (tertiary/aromatic N) is 8. The summed E-state index contributed by atoms with van der Waals surface area (Å²) < 4.78 is 13.0. The Kier molecular flexibility index (Phi) is 7.95. The number of carbonyl (C=O) groups excluding carboxylic acids is 2. The minimum Gasteiger partial charge on any atom is -0.480 e. The van der Waals surface area contributed by atoms with Gasteiger partial charge in [-0.05, 0) is 88.2 Å². The zero-order chi connectivity index (χ0) is 37.9. The number of pyridine rings is 2. The lowest BCUT2D eigenvalue weighted by Crippen LogP contribution is -2.75. The first-order valence-corrected chi connectivity index (χ1v) is 20.2. The van der Waals surface area contributed by atoms with Crippen molar-refractivity contribution in [1.82, 2.24) is 34.8 Å². The van der Waals surface area contributed by atoms with E-state index in [1.54, 1.807) is 11.0 Å². The maximum Gasteiger partial charge on any atom is 0.259 e. The molecular weight excluding hydrogens is 702 g/mol. The standard InChI is InChI=1S/C40H51N9O6/c1-4-28-33(46-13-14-47(30-8-7-29(30)46)37(52)27-17-26(18-41-36(27)54-3)45-12-11-38(2,53)23-45)34(51)32-35(44-49(43-32)25-9-15-55-16-10-25)48(28)19-31(50)42-40-20-39(21-40,22-40)24-5-6-24/h9,17-18,24,29-30,53H,4-8,10-16,19-23H2,1-3H3,(H,42,50)/t29-,30-,38?,39?,40?/m0/s1. The highest BCUT2D eigenvalue weighted by Gasteiger charge is 2.72. The van der Waals surface area contributed by atoms with Crippen molar-refractivity contribution in [2.24, 2.45) is 11.3 Å². The van der Waals surface area contributed by atoms with Crippen LogP contribution in [0.5, 0.6) is 5.88 Å². The summed E-state index contributed by atoms with van der Waals surface area (Å²) in [6.07, 6.45) is 12.9. The highest BCUT2D eigenvalue weighted by Crippen LogP contribution is 2.75. The van der Waals surface area contributed by atoms with Gasteiger partial charge in [0.1, 0.15) is 17.8 Å². The van der Waals surface area contributed by atoms with Crippen molar-refractivity contribution in [3.05, 3.63) is 39.8 Å². The van der Waals surface area contributed by atoms with Crippen molar-refractivity contribution in [2.45, 2.75) is 108 Å². The van der Waals surface area contributed by atoms with Gasteiger partial charge in [-0.3, -0.25) is 14.4 Å². The van der Waals surface area contributed by atoms with E-state index >= 15 is 0 Å². The van der Waals surface area contributed by atoms with Crippen molar-refractivity contribution >= 4 is 40.1 Å². The number of fused-ring (bicyclic) bond motifs is 2. The molecule has 2 N–H and O–H groups in total. The fourth-order valence-electron chi connectivity index (χ4n) is 10.9. The van der Waals surface area contributed by atoms with Crippen LogP contribution in [-0.4, -0.2) is 116 Å². The lowest BCUT2D eigenvalue weighted by molar-refractivity contribution is -0.176. The zero-order valence-corrected chi connectivity index (χ0v) is 32.1. The Hall–Kier alpha value is -4.50. The van der Waals surface area contributed by atoms with Crippen molar-refractivity contribution in [3.8, 4) is 5.88 Å². The third kappa shape index (κ3) is 5.58. The molecule has 5 aliphatic carbocycles. The fraction of sp³-hybridized carbons (Fsp3) is 0.650. The van der Waals surface area contributed by atoms with Gasteiger partial charge in [0, 0.05) is 49.9 Å². The number of hydrogen-bond donors (Lipinski definition) is 2. The number of hydrogen-bond acceptors (Lipinski definition) is 11. The summed E-state index contributed by atoms with van der Waals surface area (Å²) in [6.45, 7) is 6.87. The number of piperazine rings is 1. The van der Waals surface area contributed by atoms with Crippen LogP contribution in [0.3, 0.4) is 0 Å². The highest BCUT2D eigenvalue weighted by molar-refractivity contribution is 5.98. The molecule has 0 radical (unpaired) electrons. The van der Waals surface area contributed by atoms with E-state index in [0.29, 0.717) is 81.0 Å². The number of rotatable bonds is 10. The minimum absolute atomic E-state index is 0.0497. The van der Waals surface area contributed by atoms with Crippen LogP contribution in [-0.2, 0) is 22.5 Å². The fourth-order valence-corrected chi connectivity index (χ4v) is 10.9. The summed E-state index contributed by atoms with van der Waals surface area (Å²) >= 11 is 0. The number of β-amino-alcohol motifs (C(OH)–C–C–N with tert-alkyl or cyclic N) is 1. The molecule has 5 saturated carbocycles. The van der Waals surface area contributed by atoms with Crippen LogP contribution in [0.2, 0.25) is 0 Å². The number of carbonyl (C=O) groups is 2. The Balaban J connectivity index is 0.965. The molecule has 1 unspecified atom stereocenters. The molecule has 11 rings (SSSR count). The smallest absolute Gasteiger partial charge is 0.259 e. The number of anilines is 2. The molecule has 3 atom stereocenters. The Morgan fingerprint density at radius 1 is 1.09 bits per heavy atom. The largest absolute Gasteiger partial charge is 0.480 e. The van der Waals surface area contributed by atoms with Gasteiger partial charge in [-0.15, -0.1) is 10.2 Å². The number of ether oxygens (including phenoxy) is 2. The topological polar surface area (TPSA) is 160 Å². The summed E-state index contributed by atoms with van der Waals surface area (Å²) in [6, 6.07) is 1.63. The van der Waals surface area contributed by atoms with E-state index in [2.05, 4.69) is 20.1 Å². The van der Waals surface area contributed by atoms with Gasteiger partial charge in [0.15, 0.2) is 11.2 Å². The van der Waals surface area contributed by atoms with Gasteiger partial charge in [0.25, 0.3) is 5.91 Å². The molecule has 3 aromatic rings. The van der Waals surface area contributed by atoms with Crippen LogP contribution in [0.1, 0.15) is 87.7 Å². The molecular formula is C40H51N9O6. The van der Waals surface area contributed by atoms with Crippen LogP contribution >= 0.6 is 0 Å². The van der Waals surface area contributed by atoms with E-state index in [1.807, 2.05) is 35.5 Å². The number of aliphatic hydroxyl groups is 1. The molecule has 15 nitrogen and oxygen atoms in total. The average Bonchev–Trinajstić information content (AvgIpc) is 3.76. The SMILES string of the molecule is CCc1c(N2CCN(C(=O)c3cc(N4CCC(C)(O)C4)cnc3OC)[C@H]3CC[C@@H]32)c(=O)c2nn(C3=CCOCC3)nc2n1CC(=O)NC12CC(C3CC3)(C1)C2. The Labute approximate surface area is 319 Å². The molecule has 8 aliphatic rings. The molecule has 6 heterocycles. The molecule has 55 heavy (non-hydrogen) atoms. The Morgan fingerprint density at radius 2 is 1.89 bits per heavy atom. The number of amides is 2. The lowest BCUT2D eigenvalue weighted by atomic mass is 9.37. The summed E-state index contributed by atoms with van der Waals surface area (Å²) in [7, 11) is 1.52. The van der Waals surface area contributed by atoms with Gasteiger partial charge in [0.05, 0.1) is 49.5 Å². The molecule has 3 aromatic heterocycles. The van der Waals surface area contributed by atoms with E-state index in [-0.39, 0.29) is 52.8 Å². The lowest BCUT2D eigenvalue weighted by Gasteiger charge is -2.71. The first kappa shape index (κ1) is 35.0. The molecule has 2 amide bonds. The number of methoxy groups -OCH3 is 1. The second kappa shape index (κ2) is 12.5. The first-order valence-electron chi connectivity index (χ1n) is 20.2. The van der Waals surface area contributed by atoms with Gasteiger partial charge in [-0.1, -0.05) is 6.92 Å². The maximum atomic E-state index is 14.7. The van der Waals surface area contributed by atoms with E-state index in [1.165, 1.54) is 20.0 Å². The van der Waals surface area contributed by atoms with Gasteiger partial charge in [-0.2, -0.15) is 4.80 Å². The van der Waals surface area contributed by atoms with Gasteiger partial charge in [-0.25, -0.2) is 4.98 Å². The average molecular weight is 754 g/mol. The quantitative estimate of drug-likeness (QED) is 0.314. The van der Waals surface area contributed by atoms with Crippen LogP contribution in [0.25, 0.3) is 16.9 Å². The monoisotopic (exact) mass is 753 g/mol. The molecule has 2 saturated heterocycles. The van der Waals surface area contributed by atoms with Crippen LogP contribution in [0, 0.1) is 11.3 Å². The molecule has 3 aliphatic heterocycles. The van der Waals surface area contributed by atoms with E-state index in [9.17, 15) is 19.5 Å². The Morgan fingerprint density at radius 3 is 2.55 bits per heavy atom. The molecule has 0 aromatic carbocycles. The summed E-state index contributed by atoms with van der Waals surface area (Å²) in [5.41, 5.74) is 3.38. The van der Waals surface area contributed by atoms with E-state index in [4.69, 9.17) is 19.7 Å². The zero-order valence-electron chi connectivity index (χ0n) is 32.1. The number of nitrogens with one attached hydrogen (secondary N) is 1. The first-order chi connectivity index (χ1) is 26.5. The third-order valence-electron chi connectivity index (χ3n) is 13.8. The summed E-state index contributed by atoms with van der Waals surface area (Å²) in [5, 5.41) is 23.6. The Bertz CT molecular complexity index is 2170. The van der Waals surface area contributed by atoms with Gasteiger partial charge < -0.3 is 39.2 Å². The highest BCUT2D eigenvalue weighted by atomic mass is 16.5. The molecule has 15 heteroatoms. The van der Waals surface area contributed by atoms with E-state index < -0.39 is 5.60 Å². The summed E-state index contributed by atoms with van der Waals surface area (Å²) in [4.78, 5) is 55.2. The molecule has 2 bridgehead atoms. The second-order valence-corrected chi connectivity index (χ2v) is 17.6. The minimum atomic E-state index is -0.797. The predicted octanol–water partition coefficient (Wildman–Crippen LogP) is 2.72. The number of aromatic nitrogens is 5. The second-order valence-electron chi connectivity index (χ2n) is 17.6. The predicted molar refractivity (Wildman–Crippen MR) is 204 cm³/mol. The van der Waals surface area contributed by atoms with Gasteiger partial charge >= 0.3 is 0 Å². The van der Waals surface area contributed by atoms with Gasteiger partial charge in [0.2, 0.25) is 17.2 Å². The maximum absolute atomic E-state index is 14.7. The van der Waals surface area contributed by atoms with Crippen LogP contribution < -0.4 is 25.3 Å². The van der Waals surface area contributed by atoms with Crippen molar-refractivity contribution in [3.63, 3.8) is 0 Å². The summed E-state index contributed by atoms with van der Waals surface area (Å²) in [5.74, 6) is 0.893. The molecule has 0 spiro atoms. The van der Waals surface area contributed by atoms with Crippen molar-refractivity contribution < 1.29 is 24.2 Å². The van der Waals surface area contributed by atoms with Crippen LogP contribution in [0.15, 0.2) is 23.1 Å². The van der Waals surface area contributed by atoms with Crippen molar-refractivity contribution in [1.29, 1.82) is 0 Å². The van der Waals surface area contributed by atoms with Crippen molar-refractivity contribution in [2.75, 3.05) is 56.3 Å². The molecule has 292 valence electrons. The van der Waals surface area contributed by atoms with E-state index in [0.717, 1.165) is 55.1 Å². The molecule has 7 fully saturated rings. The normalized spacial score (nSPS) is 31.0. The van der Waals surface area contributed by atoms with Crippen LogP contribution in [0.4, 0.5) is 11.4 Å². The third-order valence-corrected chi connectivity index (χ3v) is 13.8.